The van der Waals surface area contributed by atoms with Gasteiger partial charge in [-0.3, -0.25) is 0 Å². The molecule has 5 heteroatoms. The van der Waals surface area contributed by atoms with Crippen LogP contribution in [-0.4, -0.2) is 9.55 Å². The van der Waals surface area contributed by atoms with E-state index in [1.807, 2.05) is 0 Å². The molecule has 0 N–H and O–H groups in total. The van der Waals surface area contributed by atoms with Gasteiger partial charge < -0.3 is 4.57 Å². The van der Waals surface area contributed by atoms with Crippen molar-refractivity contribution >= 4 is 22.6 Å². The van der Waals surface area contributed by atoms with Gasteiger partial charge in [-0.25, -0.2) is 13.8 Å². The van der Waals surface area contributed by atoms with Crippen molar-refractivity contribution < 1.29 is 8.78 Å². The summed E-state index contributed by atoms with van der Waals surface area (Å²) in [5, 5.41) is 0. The number of alkyl halides is 1. The van der Waals surface area contributed by atoms with Crippen LogP contribution in [0.1, 0.15) is 44.5 Å². The number of halogens is 3. The highest BCUT2D eigenvalue weighted by atomic mass is 35.5. The average Bonchev–Trinajstić information content (AvgIpc) is 3.09. The molecule has 20 heavy (non-hydrogen) atoms. The zero-order valence-corrected chi connectivity index (χ0v) is 12.1. The Labute approximate surface area is 121 Å². The molecule has 1 aliphatic carbocycles. The number of hydrogen-bond acceptors (Lipinski definition) is 1. The van der Waals surface area contributed by atoms with E-state index in [1.54, 1.807) is 4.57 Å². The highest BCUT2D eigenvalue weighted by Gasteiger charge is 2.27. The highest BCUT2D eigenvalue weighted by molar-refractivity contribution is 6.16. The predicted octanol–water partition coefficient (Wildman–Crippen LogP) is 4.80. The standard InChI is InChI=1S/C15H17ClF2N2/c1-9(10-4-2-3-5-10)20-13(8-16)19-12-7-6-11(17)14(18)15(12)20/h6-7,9-10H,2-5,8H2,1H3. The van der Waals surface area contributed by atoms with Crippen molar-refractivity contribution in [3.63, 3.8) is 0 Å². The van der Waals surface area contributed by atoms with E-state index >= 15 is 0 Å². The fourth-order valence-electron chi connectivity index (χ4n) is 3.35. The molecular formula is C15H17ClF2N2. The van der Waals surface area contributed by atoms with Crippen LogP contribution in [0.15, 0.2) is 12.1 Å². The van der Waals surface area contributed by atoms with Gasteiger partial charge in [-0.2, -0.15) is 0 Å². The third-order valence-corrected chi connectivity index (χ3v) is 4.66. The van der Waals surface area contributed by atoms with Gasteiger partial charge in [0, 0.05) is 6.04 Å². The van der Waals surface area contributed by atoms with Crippen molar-refractivity contribution in [3.8, 4) is 0 Å². The lowest BCUT2D eigenvalue weighted by Gasteiger charge is -2.23. The van der Waals surface area contributed by atoms with Crippen LogP contribution in [0.5, 0.6) is 0 Å². The Morgan fingerprint density at radius 3 is 2.70 bits per heavy atom. The number of nitrogens with zero attached hydrogens (tertiary/aromatic N) is 2. The van der Waals surface area contributed by atoms with E-state index in [2.05, 4.69) is 11.9 Å². The zero-order valence-electron chi connectivity index (χ0n) is 11.4. The van der Waals surface area contributed by atoms with Crippen LogP contribution >= 0.6 is 11.6 Å². The van der Waals surface area contributed by atoms with Crippen LogP contribution in [0.25, 0.3) is 11.0 Å². The molecule has 1 unspecified atom stereocenters. The van der Waals surface area contributed by atoms with Gasteiger partial charge in [0.15, 0.2) is 11.6 Å². The average molecular weight is 299 g/mol. The Bertz CT molecular complexity index is 632. The van der Waals surface area contributed by atoms with Crippen molar-refractivity contribution in [2.45, 2.75) is 44.5 Å². The van der Waals surface area contributed by atoms with Gasteiger partial charge >= 0.3 is 0 Å². The molecule has 108 valence electrons. The molecule has 1 aromatic carbocycles. The Hall–Kier alpha value is -1.16. The van der Waals surface area contributed by atoms with Gasteiger partial charge in [-0.15, -0.1) is 11.6 Å². The first-order chi connectivity index (χ1) is 9.63. The SMILES string of the molecule is CC(C1CCCC1)n1c(CCl)nc2ccc(F)c(F)c21. The summed E-state index contributed by atoms with van der Waals surface area (Å²) in [6.45, 7) is 2.05. The van der Waals surface area contributed by atoms with E-state index in [-0.39, 0.29) is 17.4 Å². The molecule has 0 bridgehead atoms. The molecule has 1 heterocycles. The lowest BCUT2D eigenvalue weighted by molar-refractivity contribution is 0.358. The Morgan fingerprint density at radius 2 is 2.05 bits per heavy atom. The minimum Gasteiger partial charge on any atom is -0.321 e. The first-order valence-electron chi connectivity index (χ1n) is 7.04. The molecule has 0 radical (unpaired) electrons. The van der Waals surface area contributed by atoms with Crippen LogP contribution in [0.4, 0.5) is 8.78 Å². The molecule has 1 aromatic heterocycles. The Morgan fingerprint density at radius 1 is 1.35 bits per heavy atom. The lowest BCUT2D eigenvalue weighted by Crippen LogP contribution is -2.17. The van der Waals surface area contributed by atoms with Crippen LogP contribution in [0.2, 0.25) is 0 Å². The smallest absolute Gasteiger partial charge is 0.184 e. The van der Waals surface area contributed by atoms with E-state index in [0.29, 0.717) is 17.3 Å². The van der Waals surface area contributed by atoms with E-state index in [9.17, 15) is 8.78 Å². The molecule has 0 aliphatic heterocycles. The van der Waals surface area contributed by atoms with Gasteiger partial charge in [0.25, 0.3) is 0 Å². The zero-order chi connectivity index (χ0) is 14.3. The molecule has 2 aromatic rings. The number of aromatic nitrogens is 2. The first kappa shape index (κ1) is 13.8. The van der Waals surface area contributed by atoms with E-state index in [1.165, 1.54) is 18.9 Å². The third-order valence-electron chi connectivity index (χ3n) is 4.43. The Kier molecular flexibility index (Phi) is 3.67. The fourth-order valence-corrected chi connectivity index (χ4v) is 3.54. The quantitative estimate of drug-likeness (QED) is 0.744. The summed E-state index contributed by atoms with van der Waals surface area (Å²) in [6.07, 6.45) is 4.66. The summed E-state index contributed by atoms with van der Waals surface area (Å²) in [5.41, 5.74) is 0.726. The monoisotopic (exact) mass is 298 g/mol. The van der Waals surface area contributed by atoms with Crippen molar-refractivity contribution in [2.75, 3.05) is 0 Å². The number of benzene rings is 1. The van der Waals surface area contributed by atoms with E-state index in [0.717, 1.165) is 18.9 Å². The second kappa shape index (κ2) is 5.32. The largest absolute Gasteiger partial charge is 0.321 e. The Balaban J connectivity index is 2.18. The van der Waals surface area contributed by atoms with Gasteiger partial charge in [-0.1, -0.05) is 12.8 Å². The molecule has 1 atom stereocenters. The first-order valence-corrected chi connectivity index (χ1v) is 7.57. The molecule has 0 amide bonds. The summed E-state index contributed by atoms with van der Waals surface area (Å²) in [5.74, 6) is -0.357. The number of hydrogen-bond donors (Lipinski definition) is 0. The van der Waals surface area contributed by atoms with Crippen LogP contribution in [-0.2, 0) is 5.88 Å². The van der Waals surface area contributed by atoms with Gasteiger partial charge in [0.05, 0.1) is 11.4 Å². The number of rotatable bonds is 3. The molecule has 1 aliphatic rings. The maximum Gasteiger partial charge on any atom is 0.184 e. The van der Waals surface area contributed by atoms with E-state index in [4.69, 9.17) is 11.6 Å². The van der Waals surface area contributed by atoms with Crippen molar-refractivity contribution in [2.24, 2.45) is 5.92 Å². The minimum atomic E-state index is -0.835. The maximum absolute atomic E-state index is 14.2. The van der Waals surface area contributed by atoms with Gasteiger partial charge in [-0.05, 0) is 37.8 Å². The molecule has 3 rings (SSSR count). The van der Waals surface area contributed by atoms with Crippen LogP contribution in [0, 0.1) is 17.6 Å². The third kappa shape index (κ3) is 2.10. The molecular weight excluding hydrogens is 282 g/mol. The number of fused-ring (bicyclic) bond motifs is 1. The van der Waals surface area contributed by atoms with Gasteiger partial charge in [0.1, 0.15) is 11.3 Å². The molecule has 1 saturated carbocycles. The summed E-state index contributed by atoms with van der Waals surface area (Å²) >= 11 is 5.95. The summed E-state index contributed by atoms with van der Waals surface area (Å²) < 4.78 is 29.5. The van der Waals surface area contributed by atoms with Crippen LogP contribution in [0.3, 0.4) is 0 Å². The molecule has 2 nitrogen and oxygen atoms in total. The highest BCUT2D eigenvalue weighted by Crippen LogP contribution is 2.37. The van der Waals surface area contributed by atoms with Gasteiger partial charge in [0.2, 0.25) is 0 Å². The van der Waals surface area contributed by atoms with Crippen LogP contribution < -0.4 is 0 Å². The molecule has 0 saturated heterocycles. The predicted molar refractivity (Wildman–Crippen MR) is 75.9 cm³/mol. The number of imidazole rings is 1. The maximum atomic E-state index is 14.2. The molecule has 1 fully saturated rings. The van der Waals surface area contributed by atoms with Crippen molar-refractivity contribution in [1.29, 1.82) is 0 Å². The summed E-state index contributed by atoms with van der Waals surface area (Å²) in [4.78, 5) is 4.35. The van der Waals surface area contributed by atoms with E-state index < -0.39 is 11.6 Å². The van der Waals surface area contributed by atoms with Crippen molar-refractivity contribution in [1.82, 2.24) is 9.55 Å². The summed E-state index contributed by atoms with van der Waals surface area (Å²) in [6, 6.07) is 2.72. The fraction of sp³-hybridized carbons (Fsp3) is 0.533. The minimum absolute atomic E-state index is 0.0903. The second-order valence-electron chi connectivity index (χ2n) is 5.55. The lowest BCUT2D eigenvalue weighted by atomic mass is 9.99. The topological polar surface area (TPSA) is 17.8 Å². The van der Waals surface area contributed by atoms with Crippen molar-refractivity contribution in [3.05, 3.63) is 29.6 Å². The second-order valence-corrected chi connectivity index (χ2v) is 5.81. The molecule has 0 spiro atoms. The summed E-state index contributed by atoms with van der Waals surface area (Å²) in [7, 11) is 0. The normalized spacial score (nSPS) is 18.0.